The zero-order valence-corrected chi connectivity index (χ0v) is 12.3. The van der Waals surface area contributed by atoms with Crippen LogP contribution in [0, 0.1) is 0 Å². The third kappa shape index (κ3) is 2.35. The van der Waals surface area contributed by atoms with Gasteiger partial charge < -0.3 is 4.90 Å². The van der Waals surface area contributed by atoms with Crippen molar-refractivity contribution in [1.29, 1.82) is 0 Å². The number of aromatic amines is 1. The van der Waals surface area contributed by atoms with Crippen LogP contribution in [0.5, 0.6) is 0 Å². The fraction of sp³-hybridized carbons (Fsp3) is 0.500. The average molecular weight is 290 g/mol. The number of aryl methyl sites for hydroxylation is 1. The first-order valence-electron chi connectivity index (χ1n) is 7.04. The summed E-state index contributed by atoms with van der Waals surface area (Å²) in [6.07, 6.45) is 5.54. The quantitative estimate of drug-likeness (QED) is 0.945. The van der Waals surface area contributed by atoms with Crippen molar-refractivity contribution in [2.45, 2.75) is 38.6 Å². The number of likely N-dealkylation sites (tertiary alicyclic amines) is 1. The van der Waals surface area contributed by atoms with Gasteiger partial charge in [0.05, 0.1) is 10.9 Å². The molecule has 2 aromatic heterocycles. The van der Waals surface area contributed by atoms with Gasteiger partial charge in [-0.1, -0.05) is 6.92 Å². The Bertz CT molecular complexity index is 578. The van der Waals surface area contributed by atoms with Crippen molar-refractivity contribution >= 4 is 17.2 Å². The highest BCUT2D eigenvalue weighted by Crippen LogP contribution is 2.31. The second kappa shape index (κ2) is 5.75. The SMILES string of the molecule is CCc1ccsc1C(=O)N1CCCCC1c1ncn[nH]1. The summed E-state index contributed by atoms with van der Waals surface area (Å²) in [6, 6.07) is 2.08. The number of nitrogens with zero attached hydrogens (tertiary/aromatic N) is 3. The molecule has 0 aliphatic carbocycles. The summed E-state index contributed by atoms with van der Waals surface area (Å²) in [7, 11) is 0. The number of rotatable bonds is 3. The van der Waals surface area contributed by atoms with Crippen molar-refractivity contribution in [3.8, 4) is 0 Å². The number of hydrogen-bond acceptors (Lipinski definition) is 4. The maximum Gasteiger partial charge on any atom is 0.264 e. The van der Waals surface area contributed by atoms with Crippen molar-refractivity contribution in [2.75, 3.05) is 6.54 Å². The van der Waals surface area contributed by atoms with Gasteiger partial charge in [-0.2, -0.15) is 5.10 Å². The van der Waals surface area contributed by atoms with Gasteiger partial charge in [-0.3, -0.25) is 9.89 Å². The van der Waals surface area contributed by atoms with Crippen LogP contribution in [-0.4, -0.2) is 32.5 Å². The summed E-state index contributed by atoms with van der Waals surface area (Å²) in [6.45, 7) is 2.88. The number of thiophene rings is 1. The van der Waals surface area contributed by atoms with Gasteiger partial charge in [0.15, 0.2) is 0 Å². The van der Waals surface area contributed by atoms with Crippen molar-refractivity contribution in [2.24, 2.45) is 0 Å². The first-order valence-corrected chi connectivity index (χ1v) is 7.91. The van der Waals surface area contributed by atoms with Crippen LogP contribution in [0.2, 0.25) is 0 Å². The summed E-state index contributed by atoms with van der Waals surface area (Å²) in [5, 5.41) is 8.83. The molecule has 1 fully saturated rings. The summed E-state index contributed by atoms with van der Waals surface area (Å²) in [4.78, 5) is 19.9. The molecule has 20 heavy (non-hydrogen) atoms. The number of hydrogen-bond donors (Lipinski definition) is 1. The van der Waals surface area contributed by atoms with E-state index in [-0.39, 0.29) is 11.9 Å². The third-order valence-corrected chi connectivity index (χ3v) is 4.78. The van der Waals surface area contributed by atoms with Crippen LogP contribution in [0.4, 0.5) is 0 Å². The van der Waals surface area contributed by atoms with Gasteiger partial charge in [0.25, 0.3) is 5.91 Å². The largest absolute Gasteiger partial charge is 0.328 e. The predicted molar refractivity (Wildman–Crippen MR) is 77.7 cm³/mol. The fourth-order valence-electron chi connectivity index (χ4n) is 2.77. The van der Waals surface area contributed by atoms with E-state index in [1.807, 2.05) is 16.3 Å². The third-order valence-electron chi connectivity index (χ3n) is 3.83. The van der Waals surface area contributed by atoms with Crippen LogP contribution in [0.25, 0.3) is 0 Å². The normalized spacial score (nSPS) is 19.2. The standard InChI is InChI=1S/C14H18N4OS/c1-2-10-6-8-20-12(10)14(19)18-7-4-3-5-11(18)13-15-9-16-17-13/h6,8-9,11H,2-5,7H2,1H3,(H,15,16,17). The van der Waals surface area contributed by atoms with Gasteiger partial charge in [-0.05, 0) is 42.7 Å². The molecule has 1 atom stereocenters. The summed E-state index contributed by atoms with van der Waals surface area (Å²) in [5.41, 5.74) is 1.14. The maximum atomic E-state index is 12.8. The lowest BCUT2D eigenvalue weighted by molar-refractivity contribution is 0.0604. The molecule has 1 amide bonds. The lowest BCUT2D eigenvalue weighted by Crippen LogP contribution is -2.39. The zero-order valence-electron chi connectivity index (χ0n) is 11.5. The molecule has 2 aromatic rings. The Kier molecular flexibility index (Phi) is 3.82. The Morgan fingerprint density at radius 3 is 3.20 bits per heavy atom. The smallest absolute Gasteiger partial charge is 0.264 e. The highest BCUT2D eigenvalue weighted by atomic mass is 32.1. The van der Waals surface area contributed by atoms with E-state index >= 15 is 0 Å². The van der Waals surface area contributed by atoms with E-state index in [9.17, 15) is 4.79 Å². The Morgan fingerprint density at radius 1 is 1.55 bits per heavy atom. The van der Waals surface area contributed by atoms with Crippen LogP contribution in [0.15, 0.2) is 17.8 Å². The topological polar surface area (TPSA) is 61.9 Å². The van der Waals surface area contributed by atoms with Gasteiger partial charge in [0, 0.05) is 6.54 Å². The predicted octanol–water partition coefficient (Wildman–Crippen LogP) is 2.80. The molecular formula is C14H18N4OS. The van der Waals surface area contributed by atoms with E-state index in [4.69, 9.17) is 0 Å². The Hall–Kier alpha value is -1.69. The molecule has 3 heterocycles. The molecule has 6 heteroatoms. The zero-order chi connectivity index (χ0) is 13.9. The minimum atomic E-state index is 0.0329. The van der Waals surface area contributed by atoms with Crippen LogP contribution >= 0.6 is 11.3 Å². The molecule has 1 N–H and O–H groups in total. The lowest BCUT2D eigenvalue weighted by Gasteiger charge is -2.34. The van der Waals surface area contributed by atoms with Crippen molar-refractivity contribution in [3.63, 3.8) is 0 Å². The summed E-state index contributed by atoms with van der Waals surface area (Å²) >= 11 is 1.54. The number of carbonyl (C=O) groups excluding carboxylic acids is 1. The first-order chi connectivity index (χ1) is 9.81. The second-order valence-corrected chi connectivity index (χ2v) is 5.93. The van der Waals surface area contributed by atoms with Crippen LogP contribution < -0.4 is 0 Å². The van der Waals surface area contributed by atoms with Crippen molar-refractivity contribution in [3.05, 3.63) is 34.0 Å². The molecule has 1 aliphatic heterocycles. The lowest BCUT2D eigenvalue weighted by atomic mass is 10.0. The molecule has 3 rings (SSSR count). The Morgan fingerprint density at radius 2 is 2.45 bits per heavy atom. The Labute approximate surface area is 122 Å². The van der Waals surface area contributed by atoms with E-state index in [1.54, 1.807) is 0 Å². The van der Waals surface area contributed by atoms with Gasteiger partial charge in [-0.25, -0.2) is 4.98 Å². The van der Waals surface area contributed by atoms with E-state index in [1.165, 1.54) is 17.7 Å². The van der Waals surface area contributed by atoms with Gasteiger partial charge in [0.1, 0.15) is 12.2 Å². The van der Waals surface area contributed by atoms with Gasteiger partial charge >= 0.3 is 0 Å². The fourth-order valence-corrected chi connectivity index (χ4v) is 3.72. The number of carbonyl (C=O) groups is 1. The van der Waals surface area contributed by atoms with Crippen molar-refractivity contribution < 1.29 is 4.79 Å². The van der Waals surface area contributed by atoms with Crippen LogP contribution in [0.3, 0.4) is 0 Å². The van der Waals surface area contributed by atoms with E-state index < -0.39 is 0 Å². The molecule has 0 aromatic carbocycles. The highest BCUT2D eigenvalue weighted by molar-refractivity contribution is 7.12. The first kappa shape index (κ1) is 13.3. The Balaban J connectivity index is 1.88. The van der Waals surface area contributed by atoms with E-state index in [2.05, 4.69) is 22.1 Å². The number of aromatic nitrogens is 3. The molecular weight excluding hydrogens is 272 g/mol. The van der Waals surface area contributed by atoms with Crippen LogP contribution in [-0.2, 0) is 6.42 Å². The minimum absolute atomic E-state index is 0.0329. The number of amides is 1. The molecule has 0 radical (unpaired) electrons. The molecule has 1 unspecified atom stereocenters. The van der Waals surface area contributed by atoms with Gasteiger partial charge in [0.2, 0.25) is 0 Å². The molecule has 0 spiro atoms. The minimum Gasteiger partial charge on any atom is -0.328 e. The molecule has 5 nitrogen and oxygen atoms in total. The number of nitrogens with one attached hydrogen (secondary N) is 1. The molecule has 106 valence electrons. The monoisotopic (exact) mass is 290 g/mol. The number of H-pyrrole nitrogens is 1. The summed E-state index contributed by atoms with van der Waals surface area (Å²) < 4.78 is 0. The average Bonchev–Trinajstić information content (AvgIpc) is 3.17. The molecule has 0 saturated carbocycles. The van der Waals surface area contributed by atoms with Crippen molar-refractivity contribution in [1.82, 2.24) is 20.1 Å². The van der Waals surface area contributed by atoms with Gasteiger partial charge in [-0.15, -0.1) is 11.3 Å². The highest BCUT2D eigenvalue weighted by Gasteiger charge is 2.31. The van der Waals surface area contributed by atoms with E-state index in [0.717, 1.165) is 48.5 Å². The number of piperidine rings is 1. The molecule has 0 bridgehead atoms. The maximum absolute atomic E-state index is 12.8. The van der Waals surface area contributed by atoms with E-state index in [0.29, 0.717) is 0 Å². The second-order valence-electron chi connectivity index (χ2n) is 5.01. The molecule has 1 saturated heterocycles. The molecule has 1 aliphatic rings. The van der Waals surface area contributed by atoms with Crippen LogP contribution in [0.1, 0.15) is 53.3 Å². The summed E-state index contributed by atoms with van der Waals surface area (Å²) in [5.74, 6) is 0.936.